The van der Waals surface area contributed by atoms with Gasteiger partial charge in [-0.15, -0.1) is 0 Å². The lowest BCUT2D eigenvalue weighted by Gasteiger charge is -2.18. The fourth-order valence-electron chi connectivity index (χ4n) is 2.56. The average molecular weight is 280 g/mol. The van der Waals surface area contributed by atoms with Crippen molar-refractivity contribution in [2.24, 2.45) is 0 Å². The number of benzene rings is 1. The zero-order valence-corrected chi connectivity index (χ0v) is 11.7. The zero-order chi connectivity index (χ0) is 13.7. The highest BCUT2D eigenvalue weighted by atomic mass is 32.2. The molecular weight excluding hydrogens is 264 g/mol. The third kappa shape index (κ3) is 2.22. The van der Waals surface area contributed by atoms with Crippen molar-refractivity contribution in [3.8, 4) is 0 Å². The summed E-state index contributed by atoms with van der Waals surface area (Å²) in [4.78, 5) is 0.713. The number of hydrogen-bond acceptors (Lipinski definition) is 4. The first-order valence-electron chi connectivity index (χ1n) is 6.25. The summed E-state index contributed by atoms with van der Waals surface area (Å²) in [6, 6.07) is 8.45. The Morgan fingerprint density at radius 2 is 1.84 bits per heavy atom. The van der Waals surface area contributed by atoms with E-state index in [0.717, 1.165) is 0 Å². The lowest BCUT2D eigenvalue weighted by Crippen LogP contribution is -2.22. The van der Waals surface area contributed by atoms with Crippen molar-refractivity contribution in [1.82, 2.24) is 0 Å². The van der Waals surface area contributed by atoms with E-state index >= 15 is 0 Å². The van der Waals surface area contributed by atoms with E-state index in [4.69, 9.17) is 9.47 Å². The van der Waals surface area contributed by atoms with Crippen LogP contribution in [0.2, 0.25) is 0 Å². The van der Waals surface area contributed by atoms with E-state index < -0.39 is 15.6 Å². The van der Waals surface area contributed by atoms with Crippen LogP contribution in [0.3, 0.4) is 0 Å². The van der Waals surface area contributed by atoms with Crippen LogP contribution in [0, 0.1) is 0 Å². The SMILES string of the molecule is CC1(C)O[C@H]2C=C(S(=O)(=O)c3ccccc3)C[C@H]2O1. The highest BCUT2D eigenvalue weighted by Gasteiger charge is 2.46. The van der Waals surface area contributed by atoms with Crippen LogP contribution in [-0.4, -0.2) is 26.4 Å². The fourth-order valence-corrected chi connectivity index (χ4v) is 4.08. The summed E-state index contributed by atoms with van der Waals surface area (Å²) in [5, 5.41) is 0. The Kier molecular flexibility index (Phi) is 2.81. The Morgan fingerprint density at radius 3 is 2.47 bits per heavy atom. The molecule has 2 atom stereocenters. The Hall–Kier alpha value is -1.17. The highest BCUT2D eigenvalue weighted by Crippen LogP contribution is 2.40. The molecule has 0 spiro atoms. The van der Waals surface area contributed by atoms with Crippen molar-refractivity contribution >= 4 is 9.84 Å². The van der Waals surface area contributed by atoms with Gasteiger partial charge in [-0.1, -0.05) is 18.2 Å². The lowest BCUT2D eigenvalue weighted by atomic mass is 10.2. The van der Waals surface area contributed by atoms with E-state index in [-0.39, 0.29) is 12.2 Å². The van der Waals surface area contributed by atoms with Gasteiger partial charge in [0.15, 0.2) is 5.79 Å². The molecule has 1 saturated heterocycles. The molecule has 1 aromatic rings. The smallest absolute Gasteiger partial charge is 0.202 e. The summed E-state index contributed by atoms with van der Waals surface area (Å²) in [6.45, 7) is 3.68. The molecule has 0 bridgehead atoms. The minimum Gasteiger partial charge on any atom is -0.344 e. The Balaban J connectivity index is 1.90. The molecule has 0 aromatic heterocycles. The molecule has 5 heteroatoms. The molecule has 1 fully saturated rings. The summed E-state index contributed by atoms with van der Waals surface area (Å²) in [7, 11) is -3.42. The van der Waals surface area contributed by atoms with E-state index in [0.29, 0.717) is 16.2 Å². The van der Waals surface area contributed by atoms with Crippen molar-refractivity contribution in [3.63, 3.8) is 0 Å². The molecular formula is C14H16O4S. The van der Waals surface area contributed by atoms with Crippen LogP contribution in [-0.2, 0) is 19.3 Å². The largest absolute Gasteiger partial charge is 0.344 e. The van der Waals surface area contributed by atoms with Gasteiger partial charge in [-0.3, -0.25) is 0 Å². The number of hydrogen-bond donors (Lipinski definition) is 0. The van der Waals surface area contributed by atoms with Gasteiger partial charge in [0.25, 0.3) is 0 Å². The Bertz CT molecular complexity index is 616. The van der Waals surface area contributed by atoms with E-state index in [1.807, 2.05) is 13.8 Å². The molecule has 3 rings (SSSR count). The quantitative estimate of drug-likeness (QED) is 0.834. The number of fused-ring (bicyclic) bond motifs is 1. The first-order chi connectivity index (χ1) is 8.88. The summed E-state index contributed by atoms with van der Waals surface area (Å²) in [5.74, 6) is -0.631. The fraction of sp³-hybridized carbons (Fsp3) is 0.429. The van der Waals surface area contributed by atoms with Gasteiger partial charge in [0.1, 0.15) is 6.10 Å². The second-order valence-electron chi connectivity index (χ2n) is 5.29. The number of rotatable bonds is 2. The molecule has 4 nitrogen and oxygen atoms in total. The molecule has 102 valence electrons. The summed E-state index contributed by atoms with van der Waals surface area (Å²) in [6.07, 6.45) is 1.61. The minimum atomic E-state index is -3.42. The van der Waals surface area contributed by atoms with Crippen LogP contribution in [0.5, 0.6) is 0 Å². The van der Waals surface area contributed by atoms with E-state index in [9.17, 15) is 8.42 Å². The van der Waals surface area contributed by atoms with Crippen molar-refractivity contribution in [2.45, 2.75) is 43.2 Å². The molecule has 19 heavy (non-hydrogen) atoms. The van der Waals surface area contributed by atoms with Crippen molar-refractivity contribution in [3.05, 3.63) is 41.3 Å². The molecule has 1 aromatic carbocycles. The predicted molar refractivity (Wildman–Crippen MR) is 70.2 cm³/mol. The van der Waals surface area contributed by atoms with Crippen LogP contribution < -0.4 is 0 Å². The van der Waals surface area contributed by atoms with Gasteiger partial charge in [-0.25, -0.2) is 8.42 Å². The molecule has 0 amide bonds. The minimum absolute atomic E-state index is 0.191. The Morgan fingerprint density at radius 1 is 1.16 bits per heavy atom. The summed E-state index contributed by atoms with van der Waals surface area (Å²) < 4.78 is 36.3. The first kappa shape index (κ1) is 12.8. The van der Waals surface area contributed by atoms with Gasteiger partial charge in [-0.05, 0) is 32.1 Å². The van der Waals surface area contributed by atoms with Gasteiger partial charge in [0.2, 0.25) is 9.84 Å². The second kappa shape index (κ2) is 4.16. The van der Waals surface area contributed by atoms with Gasteiger partial charge < -0.3 is 9.47 Å². The van der Waals surface area contributed by atoms with Crippen LogP contribution in [0.25, 0.3) is 0 Å². The van der Waals surface area contributed by atoms with Crippen molar-refractivity contribution in [1.29, 1.82) is 0 Å². The number of sulfone groups is 1. The van der Waals surface area contributed by atoms with Crippen LogP contribution in [0.1, 0.15) is 20.3 Å². The topological polar surface area (TPSA) is 52.6 Å². The van der Waals surface area contributed by atoms with E-state index in [1.54, 1.807) is 36.4 Å². The van der Waals surface area contributed by atoms with E-state index in [1.165, 1.54) is 0 Å². The van der Waals surface area contributed by atoms with E-state index in [2.05, 4.69) is 0 Å². The van der Waals surface area contributed by atoms with Gasteiger partial charge in [-0.2, -0.15) is 0 Å². The zero-order valence-electron chi connectivity index (χ0n) is 10.9. The normalized spacial score (nSPS) is 29.1. The van der Waals surface area contributed by atoms with Crippen molar-refractivity contribution < 1.29 is 17.9 Å². The second-order valence-corrected chi connectivity index (χ2v) is 7.29. The molecule has 0 unspecified atom stereocenters. The third-order valence-corrected chi connectivity index (χ3v) is 5.26. The molecule has 0 N–H and O–H groups in total. The monoisotopic (exact) mass is 280 g/mol. The standard InChI is InChI=1S/C14H16O4S/c1-14(2)17-12-8-11(9-13(12)18-14)19(15,16)10-6-4-3-5-7-10/h3-8,12-13H,9H2,1-2H3/t12-,13+/m0/s1. The van der Waals surface area contributed by atoms with Gasteiger partial charge in [0.05, 0.1) is 15.9 Å². The van der Waals surface area contributed by atoms with Gasteiger partial charge >= 0.3 is 0 Å². The maximum atomic E-state index is 12.4. The molecule has 0 radical (unpaired) electrons. The molecule has 1 heterocycles. The third-order valence-electron chi connectivity index (χ3n) is 3.37. The maximum Gasteiger partial charge on any atom is 0.202 e. The lowest BCUT2D eigenvalue weighted by molar-refractivity contribution is -0.143. The van der Waals surface area contributed by atoms with Crippen LogP contribution >= 0.6 is 0 Å². The summed E-state index contributed by atoms with van der Waals surface area (Å²) >= 11 is 0. The molecule has 1 aliphatic carbocycles. The average Bonchev–Trinajstić information content (AvgIpc) is 2.84. The van der Waals surface area contributed by atoms with Crippen LogP contribution in [0.4, 0.5) is 0 Å². The number of ether oxygens (including phenoxy) is 2. The Labute approximate surface area is 113 Å². The highest BCUT2D eigenvalue weighted by molar-refractivity contribution is 7.95. The molecule has 0 saturated carbocycles. The molecule has 1 aliphatic heterocycles. The first-order valence-corrected chi connectivity index (χ1v) is 7.73. The summed E-state index contributed by atoms with van der Waals surface area (Å²) in [5.41, 5.74) is 0. The van der Waals surface area contributed by atoms with Crippen LogP contribution in [0.15, 0.2) is 46.2 Å². The predicted octanol–water partition coefficient (Wildman–Crippen LogP) is 2.27. The van der Waals surface area contributed by atoms with Gasteiger partial charge in [0, 0.05) is 6.42 Å². The van der Waals surface area contributed by atoms with Crippen molar-refractivity contribution in [2.75, 3.05) is 0 Å². The molecule has 2 aliphatic rings. The maximum absolute atomic E-state index is 12.4.